The highest BCUT2D eigenvalue weighted by Gasteiger charge is 2.26. The Kier molecular flexibility index (Phi) is 4.75. The van der Waals surface area contributed by atoms with Gasteiger partial charge in [-0.25, -0.2) is 4.99 Å². The third-order valence-corrected chi connectivity index (χ3v) is 6.50. The fourth-order valence-electron chi connectivity index (χ4n) is 4.98. The Hall–Kier alpha value is -2.81. The fraction of sp³-hybridized carbons (Fsp3) is 0.346. The van der Waals surface area contributed by atoms with E-state index in [1.54, 1.807) is 0 Å². The monoisotopic (exact) mass is 384 g/mol. The van der Waals surface area contributed by atoms with Gasteiger partial charge < -0.3 is 10.1 Å². The maximum atomic E-state index is 10.7. The average molecular weight is 385 g/mol. The Morgan fingerprint density at radius 3 is 2.79 bits per heavy atom. The molecule has 29 heavy (non-hydrogen) atoms. The highest BCUT2D eigenvalue weighted by Crippen LogP contribution is 2.41. The summed E-state index contributed by atoms with van der Waals surface area (Å²) in [7, 11) is 0. The van der Waals surface area contributed by atoms with Crippen LogP contribution in [0.3, 0.4) is 0 Å². The van der Waals surface area contributed by atoms with E-state index >= 15 is 0 Å². The van der Waals surface area contributed by atoms with E-state index in [-0.39, 0.29) is 5.88 Å². The molecule has 3 aromatic rings. The van der Waals surface area contributed by atoms with Crippen LogP contribution in [0.2, 0.25) is 0 Å². The van der Waals surface area contributed by atoms with Crippen LogP contribution in [0.15, 0.2) is 53.5 Å². The van der Waals surface area contributed by atoms with Crippen LogP contribution >= 0.6 is 0 Å². The molecule has 1 fully saturated rings. The lowest BCUT2D eigenvalue weighted by Gasteiger charge is -2.20. The number of aliphatic imine (C=N–C) groups is 1. The van der Waals surface area contributed by atoms with Crippen LogP contribution in [0, 0.1) is 12.8 Å². The highest BCUT2D eigenvalue weighted by molar-refractivity contribution is 6.39. The number of fused-ring (bicyclic) bond motifs is 2. The molecule has 0 amide bonds. The van der Waals surface area contributed by atoms with Crippen molar-refractivity contribution in [3.63, 3.8) is 0 Å². The molecule has 5 rings (SSSR count). The molecular formula is C26H28N2O. The summed E-state index contributed by atoms with van der Waals surface area (Å²) in [6.07, 6.45) is 11.6. The Labute approximate surface area is 172 Å². The lowest BCUT2D eigenvalue weighted by molar-refractivity contribution is 0.341. The topological polar surface area (TPSA) is 48.4 Å². The predicted molar refractivity (Wildman–Crippen MR) is 121 cm³/mol. The number of aromatic amines is 1. The quantitative estimate of drug-likeness (QED) is 0.497. The number of nitrogens with zero attached hydrogens (tertiary/aromatic N) is 1. The molecule has 1 aromatic heterocycles. The number of benzene rings is 2. The van der Waals surface area contributed by atoms with Crippen molar-refractivity contribution < 1.29 is 5.11 Å². The molecule has 0 radical (unpaired) electrons. The van der Waals surface area contributed by atoms with E-state index in [1.165, 1.54) is 49.7 Å². The van der Waals surface area contributed by atoms with Gasteiger partial charge in [-0.15, -0.1) is 0 Å². The lowest BCUT2D eigenvalue weighted by Crippen LogP contribution is -2.06. The van der Waals surface area contributed by atoms with Gasteiger partial charge in [0, 0.05) is 22.0 Å². The summed E-state index contributed by atoms with van der Waals surface area (Å²) < 4.78 is 0. The first kappa shape index (κ1) is 18.2. The number of nitrogens with one attached hydrogen (secondary N) is 1. The zero-order valence-corrected chi connectivity index (χ0v) is 17.0. The fourth-order valence-corrected chi connectivity index (χ4v) is 4.98. The second-order valence-corrected chi connectivity index (χ2v) is 8.57. The minimum absolute atomic E-state index is 0.204. The molecule has 0 spiro atoms. The van der Waals surface area contributed by atoms with E-state index in [1.807, 2.05) is 6.07 Å². The number of para-hydroxylation sites is 1. The zero-order chi connectivity index (χ0) is 19.8. The summed E-state index contributed by atoms with van der Waals surface area (Å²) >= 11 is 0. The van der Waals surface area contributed by atoms with Crippen molar-refractivity contribution >= 4 is 27.9 Å². The van der Waals surface area contributed by atoms with E-state index in [4.69, 9.17) is 4.99 Å². The Morgan fingerprint density at radius 1 is 1.10 bits per heavy atom. The number of aromatic hydroxyl groups is 1. The summed E-state index contributed by atoms with van der Waals surface area (Å²) in [6, 6.07) is 14.6. The van der Waals surface area contributed by atoms with Gasteiger partial charge in [-0.1, -0.05) is 68.5 Å². The first-order valence-corrected chi connectivity index (χ1v) is 10.9. The number of aromatic nitrogens is 1. The average Bonchev–Trinajstić information content (AvgIpc) is 3.25. The molecule has 2 aliphatic rings. The molecule has 0 unspecified atom stereocenters. The second kappa shape index (κ2) is 7.55. The van der Waals surface area contributed by atoms with Crippen LogP contribution < -0.4 is 0 Å². The number of hydrogen-bond donors (Lipinski definition) is 2. The molecule has 0 saturated heterocycles. The molecule has 1 saturated carbocycles. The van der Waals surface area contributed by atoms with Gasteiger partial charge in [-0.2, -0.15) is 0 Å². The number of aryl methyl sites for hydroxylation is 1. The Bertz CT molecular complexity index is 1110. The summed E-state index contributed by atoms with van der Waals surface area (Å²) in [5.74, 6) is 1.07. The van der Waals surface area contributed by atoms with Crippen LogP contribution in [0.25, 0.3) is 16.5 Å². The molecule has 2 heterocycles. The van der Waals surface area contributed by atoms with Gasteiger partial charge in [0.25, 0.3) is 0 Å². The minimum atomic E-state index is 0.204. The van der Waals surface area contributed by atoms with Crippen LogP contribution in [-0.2, 0) is 0 Å². The van der Waals surface area contributed by atoms with Crippen LogP contribution in [-0.4, -0.2) is 15.8 Å². The minimum Gasteiger partial charge on any atom is -0.494 e. The summed E-state index contributed by atoms with van der Waals surface area (Å²) in [5.41, 5.74) is 7.16. The van der Waals surface area contributed by atoms with Crippen molar-refractivity contribution in [3.8, 4) is 5.88 Å². The van der Waals surface area contributed by atoms with Gasteiger partial charge in [-0.3, -0.25) is 0 Å². The molecule has 0 bridgehead atoms. The second-order valence-electron chi connectivity index (χ2n) is 8.57. The number of allylic oxidation sites excluding steroid dienone is 2. The third kappa shape index (κ3) is 3.39. The molecule has 148 valence electrons. The predicted octanol–water partition coefficient (Wildman–Crippen LogP) is 7.06. The van der Waals surface area contributed by atoms with Crippen LogP contribution in [0.5, 0.6) is 5.88 Å². The Balaban J connectivity index is 1.53. The molecule has 0 atom stereocenters. The van der Waals surface area contributed by atoms with Crippen molar-refractivity contribution in [2.45, 2.75) is 51.9 Å². The largest absolute Gasteiger partial charge is 0.494 e. The number of H-pyrrole nitrogens is 1. The third-order valence-electron chi connectivity index (χ3n) is 6.50. The highest BCUT2D eigenvalue weighted by atomic mass is 16.3. The van der Waals surface area contributed by atoms with Gasteiger partial charge >= 0.3 is 0 Å². The summed E-state index contributed by atoms with van der Waals surface area (Å²) in [4.78, 5) is 8.09. The van der Waals surface area contributed by atoms with Crippen molar-refractivity contribution in [1.29, 1.82) is 0 Å². The van der Waals surface area contributed by atoms with Gasteiger partial charge in [0.05, 0.1) is 17.0 Å². The van der Waals surface area contributed by atoms with Crippen molar-refractivity contribution in [2.75, 3.05) is 0 Å². The molecule has 2 aromatic carbocycles. The molecule has 1 aliphatic heterocycles. The SMILES string of the molecule is Cc1ccc2c(C3=Nc4ccccc4/C3=C/CCC3CCCCC3)c(O)[nH]c2c1. The molecule has 3 heteroatoms. The first-order chi connectivity index (χ1) is 14.2. The summed E-state index contributed by atoms with van der Waals surface area (Å²) in [6.45, 7) is 2.07. The van der Waals surface area contributed by atoms with E-state index in [9.17, 15) is 5.11 Å². The molecule has 1 aliphatic carbocycles. The van der Waals surface area contributed by atoms with Crippen LogP contribution in [0.1, 0.15) is 61.6 Å². The zero-order valence-electron chi connectivity index (χ0n) is 17.0. The first-order valence-electron chi connectivity index (χ1n) is 10.9. The van der Waals surface area contributed by atoms with Gasteiger partial charge in [0.15, 0.2) is 5.88 Å². The Morgan fingerprint density at radius 2 is 1.93 bits per heavy atom. The van der Waals surface area contributed by atoms with Crippen molar-refractivity contribution in [1.82, 2.24) is 4.98 Å². The van der Waals surface area contributed by atoms with Crippen molar-refractivity contribution in [2.24, 2.45) is 10.9 Å². The molecular weight excluding hydrogens is 356 g/mol. The lowest BCUT2D eigenvalue weighted by atomic mass is 9.85. The van der Waals surface area contributed by atoms with Gasteiger partial charge in [-0.05, 0) is 43.4 Å². The van der Waals surface area contributed by atoms with E-state index in [0.717, 1.165) is 45.8 Å². The standard InChI is InChI=1S/C26H28N2O/c1-17-14-15-21-23(16-17)28-26(29)24(21)25-20(19-11-5-6-13-22(19)27-25)12-7-10-18-8-3-2-4-9-18/h5-6,11-16,18,28-29H,2-4,7-10H2,1H3/b20-12-. The maximum absolute atomic E-state index is 10.7. The van der Waals surface area contributed by atoms with Crippen LogP contribution in [0.4, 0.5) is 5.69 Å². The normalized spacial score (nSPS) is 18.4. The van der Waals surface area contributed by atoms with E-state index in [2.05, 4.69) is 54.4 Å². The molecule has 2 N–H and O–H groups in total. The number of rotatable bonds is 4. The van der Waals surface area contributed by atoms with E-state index < -0.39 is 0 Å². The number of hydrogen-bond acceptors (Lipinski definition) is 2. The van der Waals surface area contributed by atoms with Gasteiger partial charge in [0.1, 0.15) is 0 Å². The molecule has 3 nitrogen and oxygen atoms in total. The van der Waals surface area contributed by atoms with Crippen molar-refractivity contribution in [3.05, 3.63) is 65.2 Å². The van der Waals surface area contributed by atoms with Gasteiger partial charge in [0.2, 0.25) is 0 Å². The maximum Gasteiger partial charge on any atom is 0.199 e. The summed E-state index contributed by atoms with van der Waals surface area (Å²) in [5, 5.41) is 11.8. The smallest absolute Gasteiger partial charge is 0.199 e. The van der Waals surface area contributed by atoms with E-state index in [0.29, 0.717) is 0 Å².